The molecule has 0 aromatic heterocycles. The van der Waals surface area contributed by atoms with Crippen LogP contribution in [0.4, 0.5) is 0 Å². The van der Waals surface area contributed by atoms with Gasteiger partial charge >= 0.3 is 0 Å². The zero-order chi connectivity index (χ0) is 15.8. The van der Waals surface area contributed by atoms with E-state index in [4.69, 9.17) is 4.74 Å². The van der Waals surface area contributed by atoms with Crippen LogP contribution in [0.5, 0.6) is 5.75 Å². The summed E-state index contributed by atoms with van der Waals surface area (Å²) in [6, 6.07) is 6.62. The monoisotopic (exact) mass is 313 g/mol. The molecule has 1 aromatic carbocycles. The topological polar surface area (TPSA) is 29.5 Å². The minimum absolute atomic E-state index is 0.367. The summed E-state index contributed by atoms with van der Waals surface area (Å²) in [6.45, 7) is 1.94. The molecule has 3 heteroatoms. The maximum atomic E-state index is 12.2. The van der Waals surface area contributed by atoms with Crippen LogP contribution in [0.2, 0.25) is 0 Å². The van der Waals surface area contributed by atoms with E-state index in [2.05, 4.69) is 23.1 Å². The molecule has 0 radical (unpaired) electrons. The summed E-state index contributed by atoms with van der Waals surface area (Å²) in [4.78, 5) is 14.4. The van der Waals surface area contributed by atoms with E-state index in [-0.39, 0.29) is 0 Å². The molecule has 124 valence electrons. The van der Waals surface area contributed by atoms with Crippen LogP contribution in [0.15, 0.2) is 18.2 Å². The number of rotatable bonds is 3. The van der Waals surface area contributed by atoms with Gasteiger partial charge in [0.05, 0.1) is 7.11 Å². The fourth-order valence-electron chi connectivity index (χ4n) is 4.54. The zero-order valence-electron chi connectivity index (χ0n) is 14.1. The normalized spacial score (nSPS) is 25.1. The molecule has 1 aromatic rings. The smallest absolute Gasteiger partial charge is 0.225 e. The number of carbonyl (C=O) groups excluding carboxylic acids is 1. The summed E-state index contributed by atoms with van der Waals surface area (Å²) in [7, 11) is 1.75. The summed E-state index contributed by atoms with van der Waals surface area (Å²) in [5, 5.41) is 0. The fraction of sp³-hybridized carbons (Fsp3) is 0.650. The minimum Gasteiger partial charge on any atom is -0.497 e. The van der Waals surface area contributed by atoms with Crippen molar-refractivity contribution in [2.24, 2.45) is 11.8 Å². The van der Waals surface area contributed by atoms with Gasteiger partial charge in [-0.2, -0.15) is 0 Å². The van der Waals surface area contributed by atoms with Gasteiger partial charge in [-0.05, 0) is 80.0 Å². The van der Waals surface area contributed by atoms with Crippen LogP contribution in [0.1, 0.15) is 55.6 Å². The van der Waals surface area contributed by atoms with E-state index >= 15 is 0 Å². The summed E-state index contributed by atoms with van der Waals surface area (Å²) in [5.41, 5.74) is 3.03. The minimum atomic E-state index is 0.367. The molecule has 1 heterocycles. The largest absolute Gasteiger partial charge is 0.497 e. The van der Waals surface area contributed by atoms with Gasteiger partial charge < -0.3 is 9.64 Å². The zero-order valence-corrected chi connectivity index (χ0v) is 14.1. The summed E-state index contributed by atoms with van der Waals surface area (Å²) in [6.07, 6.45) is 8.37. The summed E-state index contributed by atoms with van der Waals surface area (Å²) >= 11 is 0. The van der Waals surface area contributed by atoms with Crippen molar-refractivity contribution in [3.05, 3.63) is 29.3 Å². The molecule has 2 fully saturated rings. The number of likely N-dealkylation sites (tertiary alicyclic amines) is 1. The number of carbonyl (C=O) groups is 1. The third kappa shape index (κ3) is 2.98. The second-order valence-electron chi connectivity index (χ2n) is 7.50. The van der Waals surface area contributed by atoms with Crippen LogP contribution in [-0.4, -0.2) is 31.0 Å². The molecule has 1 aliphatic heterocycles. The van der Waals surface area contributed by atoms with Crippen LogP contribution in [0.25, 0.3) is 0 Å². The van der Waals surface area contributed by atoms with Crippen molar-refractivity contribution in [1.29, 1.82) is 0 Å². The van der Waals surface area contributed by atoms with Crippen LogP contribution in [-0.2, 0) is 11.2 Å². The lowest BCUT2D eigenvalue weighted by molar-refractivity contribution is -0.134. The van der Waals surface area contributed by atoms with E-state index in [1.165, 1.54) is 43.2 Å². The number of ether oxygens (including phenoxy) is 1. The number of fused-ring (bicyclic) bond motifs is 1. The highest BCUT2D eigenvalue weighted by atomic mass is 16.5. The maximum Gasteiger partial charge on any atom is 0.225 e. The fourth-order valence-corrected chi connectivity index (χ4v) is 4.54. The number of hydrogen-bond donors (Lipinski definition) is 0. The average Bonchev–Trinajstić information content (AvgIpc) is 3.45. The number of nitrogens with zero attached hydrogens (tertiary/aromatic N) is 1. The molecule has 1 saturated heterocycles. The van der Waals surface area contributed by atoms with Gasteiger partial charge in [-0.1, -0.05) is 6.07 Å². The molecule has 0 bridgehead atoms. The van der Waals surface area contributed by atoms with Gasteiger partial charge in [-0.25, -0.2) is 0 Å². The Morgan fingerprint density at radius 2 is 1.91 bits per heavy atom. The molecule has 0 N–H and O–H groups in total. The first-order valence-corrected chi connectivity index (χ1v) is 9.22. The summed E-state index contributed by atoms with van der Waals surface area (Å²) in [5.74, 6) is 3.16. The first-order valence-electron chi connectivity index (χ1n) is 9.22. The van der Waals surface area contributed by atoms with Crippen molar-refractivity contribution in [2.75, 3.05) is 20.2 Å². The van der Waals surface area contributed by atoms with Crippen LogP contribution >= 0.6 is 0 Å². The molecule has 1 saturated carbocycles. The van der Waals surface area contributed by atoms with Gasteiger partial charge in [-0.3, -0.25) is 4.79 Å². The number of amides is 1. The van der Waals surface area contributed by atoms with E-state index in [1.54, 1.807) is 7.11 Å². The Bertz CT molecular complexity index is 585. The molecule has 1 atom stereocenters. The van der Waals surface area contributed by atoms with Crippen LogP contribution < -0.4 is 4.74 Å². The number of hydrogen-bond acceptors (Lipinski definition) is 2. The lowest BCUT2D eigenvalue weighted by Gasteiger charge is -2.38. The Morgan fingerprint density at radius 1 is 1.13 bits per heavy atom. The van der Waals surface area contributed by atoms with E-state index in [9.17, 15) is 4.79 Å². The van der Waals surface area contributed by atoms with Crippen LogP contribution in [0.3, 0.4) is 0 Å². The number of benzene rings is 1. The highest BCUT2D eigenvalue weighted by molar-refractivity contribution is 5.81. The van der Waals surface area contributed by atoms with Crippen molar-refractivity contribution in [1.82, 2.24) is 4.90 Å². The van der Waals surface area contributed by atoms with E-state index < -0.39 is 0 Å². The SMILES string of the molecule is COc1ccc2c(c1)C(C1CCN(C(=O)C3CC3)CC1)CCC2. The highest BCUT2D eigenvalue weighted by Gasteiger charge is 2.37. The van der Waals surface area contributed by atoms with Gasteiger partial charge in [0.1, 0.15) is 5.75 Å². The molecular formula is C20H27NO2. The Labute approximate surface area is 139 Å². The Kier molecular flexibility index (Phi) is 4.04. The first-order chi connectivity index (χ1) is 11.3. The third-order valence-electron chi connectivity index (χ3n) is 6.06. The third-order valence-corrected chi connectivity index (χ3v) is 6.06. The number of piperidine rings is 1. The van der Waals surface area contributed by atoms with Crippen molar-refractivity contribution in [2.45, 2.75) is 50.9 Å². The van der Waals surface area contributed by atoms with Crippen molar-refractivity contribution >= 4 is 5.91 Å². The molecule has 1 amide bonds. The number of methoxy groups -OCH3 is 1. The molecular weight excluding hydrogens is 286 g/mol. The van der Waals surface area contributed by atoms with Gasteiger partial charge in [-0.15, -0.1) is 0 Å². The van der Waals surface area contributed by atoms with Crippen molar-refractivity contribution < 1.29 is 9.53 Å². The predicted octanol–water partition coefficient (Wildman–Crippen LogP) is 3.76. The van der Waals surface area contributed by atoms with Gasteiger partial charge in [0.2, 0.25) is 5.91 Å². The van der Waals surface area contributed by atoms with E-state index in [0.29, 0.717) is 17.7 Å². The van der Waals surface area contributed by atoms with Crippen molar-refractivity contribution in [3.8, 4) is 5.75 Å². The van der Waals surface area contributed by atoms with E-state index in [1.807, 2.05) is 0 Å². The molecule has 23 heavy (non-hydrogen) atoms. The Balaban J connectivity index is 1.46. The standard InChI is InChI=1S/C20H27NO2/c1-23-17-8-7-14-3-2-4-18(19(14)13-17)15-9-11-21(12-10-15)20(22)16-5-6-16/h7-8,13,15-16,18H,2-6,9-12H2,1H3. The molecule has 1 unspecified atom stereocenters. The average molecular weight is 313 g/mol. The number of aryl methyl sites for hydroxylation is 1. The molecule has 0 spiro atoms. The highest BCUT2D eigenvalue weighted by Crippen LogP contribution is 2.43. The molecule has 3 aliphatic rings. The van der Waals surface area contributed by atoms with Crippen molar-refractivity contribution in [3.63, 3.8) is 0 Å². The molecule has 4 rings (SSSR count). The van der Waals surface area contributed by atoms with Gasteiger partial charge in [0, 0.05) is 19.0 Å². The van der Waals surface area contributed by atoms with Gasteiger partial charge in [0.25, 0.3) is 0 Å². The Morgan fingerprint density at radius 3 is 2.61 bits per heavy atom. The quantitative estimate of drug-likeness (QED) is 0.850. The second-order valence-corrected chi connectivity index (χ2v) is 7.50. The lowest BCUT2D eigenvalue weighted by atomic mass is 9.72. The molecule has 3 nitrogen and oxygen atoms in total. The van der Waals surface area contributed by atoms with E-state index in [0.717, 1.165) is 37.6 Å². The predicted molar refractivity (Wildman–Crippen MR) is 90.7 cm³/mol. The Hall–Kier alpha value is -1.51. The van der Waals surface area contributed by atoms with Crippen LogP contribution in [0, 0.1) is 11.8 Å². The van der Waals surface area contributed by atoms with Gasteiger partial charge in [0.15, 0.2) is 0 Å². The molecule has 2 aliphatic carbocycles. The maximum absolute atomic E-state index is 12.2. The first kappa shape index (κ1) is 15.0. The second kappa shape index (κ2) is 6.18. The summed E-state index contributed by atoms with van der Waals surface area (Å²) < 4.78 is 5.44. The lowest BCUT2D eigenvalue weighted by Crippen LogP contribution is -2.40.